The molecule has 0 fully saturated rings. The summed E-state index contributed by atoms with van der Waals surface area (Å²) in [5, 5.41) is 13.9. The van der Waals surface area contributed by atoms with Crippen LogP contribution in [0.15, 0.2) is 16.7 Å². The van der Waals surface area contributed by atoms with Crippen molar-refractivity contribution in [3.63, 3.8) is 0 Å². The van der Waals surface area contributed by atoms with E-state index in [0.29, 0.717) is 6.07 Å². The van der Waals surface area contributed by atoms with Crippen LogP contribution in [0.3, 0.4) is 0 Å². The first-order valence-corrected chi connectivity index (χ1v) is 4.70. The average Bonchev–Trinajstić information content (AvgIpc) is 2.77. The first-order valence-electron chi connectivity index (χ1n) is 4.70. The van der Waals surface area contributed by atoms with Crippen molar-refractivity contribution in [3.05, 3.63) is 39.7 Å². The van der Waals surface area contributed by atoms with Gasteiger partial charge in [0.1, 0.15) is 11.4 Å². The smallest absolute Gasteiger partial charge is 0.305 e. The molecule has 18 heavy (non-hydrogen) atoms. The highest BCUT2D eigenvalue weighted by atomic mass is 19.1. The van der Waals surface area contributed by atoms with E-state index in [1.165, 1.54) is 0 Å². The summed E-state index contributed by atoms with van der Waals surface area (Å²) in [4.78, 5) is 13.2. The second-order valence-electron chi connectivity index (χ2n) is 3.23. The van der Waals surface area contributed by atoms with Crippen molar-refractivity contribution >= 4 is 5.69 Å². The third kappa shape index (κ3) is 1.91. The number of nitrogens with zero attached hydrogens (tertiary/aromatic N) is 3. The SMILES string of the molecule is NCc1noc(-c2c(F)ccc([N+](=O)[O-])c2F)n1. The Bertz CT molecular complexity index is 614. The van der Waals surface area contributed by atoms with E-state index in [2.05, 4.69) is 14.7 Å². The van der Waals surface area contributed by atoms with Crippen molar-refractivity contribution in [3.8, 4) is 11.5 Å². The van der Waals surface area contributed by atoms with Gasteiger partial charge in [-0.3, -0.25) is 10.1 Å². The zero-order chi connectivity index (χ0) is 13.3. The third-order valence-electron chi connectivity index (χ3n) is 2.13. The summed E-state index contributed by atoms with van der Waals surface area (Å²) >= 11 is 0. The first-order chi connectivity index (χ1) is 8.54. The molecular weight excluding hydrogens is 250 g/mol. The van der Waals surface area contributed by atoms with E-state index >= 15 is 0 Å². The number of benzene rings is 1. The van der Waals surface area contributed by atoms with Crippen LogP contribution in [0, 0.1) is 21.7 Å². The topological polar surface area (TPSA) is 108 Å². The molecule has 1 aromatic carbocycles. The van der Waals surface area contributed by atoms with Crippen LogP contribution in [0.1, 0.15) is 5.82 Å². The minimum Gasteiger partial charge on any atom is -0.334 e. The Kier molecular flexibility index (Phi) is 2.98. The molecule has 7 nitrogen and oxygen atoms in total. The van der Waals surface area contributed by atoms with Gasteiger partial charge in [0.15, 0.2) is 5.82 Å². The lowest BCUT2D eigenvalue weighted by molar-refractivity contribution is -0.387. The maximum Gasteiger partial charge on any atom is 0.305 e. The molecule has 0 unspecified atom stereocenters. The number of rotatable bonds is 3. The molecule has 0 bridgehead atoms. The summed E-state index contributed by atoms with van der Waals surface area (Å²) in [6.07, 6.45) is 0. The Hall–Kier alpha value is -2.42. The third-order valence-corrected chi connectivity index (χ3v) is 2.13. The van der Waals surface area contributed by atoms with E-state index in [-0.39, 0.29) is 12.4 Å². The fourth-order valence-corrected chi connectivity index (χ4v) is 1.32. The number of hydrogen-bond acceptors (Lipinski definition) is 6. The molecule has 2 rings (SSSR count). The standard InChI is InChI=1S/C9H6F2N4O3/c10-4-1-2-5(15(16)17)8(11)7(4)9-13-6(3-12)14-18-9/h1-2H,3,12H2. The summed E-state index contributed by atoms with van der Waals surface area (Å²) in [6.45, 7) is -0.0817. The molecule has 0 aliphatic heterocycles. The average molecular weight is 256 g/mol. The van der Waals surface area contributed by atoms with Gasteiger partial charge in [0, 0.05) is 6.07 Å². The van der Waals surface area contributed by atoms with Crippen molar-refractivity contribution < 1.29 is 18.2 Å². The zero-order valence-corrected chi connectivity index (χ0v) is 8.76. The molecule has 1 aromatic heterocycles. The fourth-order valence-electron chi connectivity index (χ4n) is 1.32. The van der Waals surface area contributed by atoms with Crippen LogP contribution >= 0.6 is 0 Å². The van der Waals surface area contributed by atoms with Gasteiger partial charge in [0.2, 0.25) is 5.82 Å². The predicted octanol–water partition coefficient (Wildman–Crippen LogP) is 1.38. The van der Waals surface area contributed by atoms with Crippen molar-refractivity contribution in [2.45, 2.75) is 6.54 Å². The van der Waals surface area contributed by atoms with Crippen LogP contribution in [0.4, 0.5) is 14.5 Å². The van der Waals surface area contributed by atoms with E-state index in [9.17, 15) is 18.9 Å². The molecule has 2 N–H and O–H groups in total. The Morgan fingerprint density at radius 2 is 2.17 bits per heavy atom. The van der Waals surface area contributed by atoms with E-state index in [1.54, 1.807) is 0 Å². The number of nitrogens with two attached hydrogens (primary N) is 1. The van der Waals surface area contributed by atoms with Crippen molar-refractivity contribution in [2.75, 3.05) is 0 Å². The summed E-state index contributed by atoms with van der Waals surface area (Å²) < 4.78 is 31.8. The van der Waals surface area contributed by atoms with E-state index < -0.39 is 33.7 Å². The molecule has 0 saturated heterocycles. The first kappa shape index (κ1) is 12.0. The largest absolute Gasteiger partial charge is 0.334 e. The number of aromatic nitrogens is 2. The van der Waals surface area contributed by atoms with Gasteiger partial charge in [-0.25, -0.2) is 4.39 Å². The van der Waals surface area contributed by atoms with Gasteiger partial charge in [-0.1, -0.05) is 5.16 Å². The minimum atomic E-state index is -1.37. The van der Waals surface area contributed by atoms with E-state index in [1.807, 2.05) is 0 Å². The van der Waals surface area contributed by atoms with E-state index in [0.717, 1.165) is 6.07 Å². The normalized spacial score (nSPS) is 10.6. The Labute approximate surface area is 98.4 Å². The number of nitro benzene ring substituents is 1. The van der Waals surface area contributed by atoms with Gasteiger partial charge in [0.05, 0.1) is 11.5 Å². The second-order valence-corrected chi connectivity index (χ2v) is 3.23. The maximum absolute atomic E-state index is 13.7. The van der Waals surface area contributed by atoms with Crippen LogP contribution in [-0.4, -0.2) is 15.1 Å². The highest BCUT2D eigenvalue weighted by Gasteiger charge is 2.26. The van der Waals surface area contributed by atoms with Gasteiger partial charge in [-0.05, 0) is 6.07 Å². The predicted molar refractivity (Wildman–Crippen MR) is 54.2 cm³/mol. The molecule has 2 aromatic rings. The lowest BCUT2D eigenvalue weighted by Gasteiger charge is -2.00. The van der Waals surface area contributed by atoms with Crippen molar-refractivity contribution in [1.29, 1.82) is 0 Å². The van der Waals surface area contributed by atoms with E-state index in [4.69, 9.17) is 5.73 Å². The highest BCUT2D eigenvalue weighted by Crippen LogP contribution is 2.30. The Morgan fingerprint density at radius 3 is 2.72 bits per heavy atom. The lowest BCUT2D eigenvalue weighted by atomic mass is 10.1. The molecule has 0 radical (unpaired) electrons. The van der Waals surface area contributed by atoms with Crippen LogP contribution in [-0.2, 0) is 6.54 Å². The number of halogens is 2. The minimum absolute atomic E-state index is 0.0373. The molecule has 0 saturated carbocycles. The molecule has 0 aliphatic carbocycles. The second kappa shape index (κ2) is 4.45. The molecule has 0 spiro atoms. The monoisotopic (exact) mass is 256 g/mol. The summed E-state index contributed by atoms with van der Waals surface area (Å²) in [5.74, 6) is -2.86. The Balaban J connectivity index is 2.62. The van der Waals surface area contributed by atoms with Crippen LogP contribution in [0.5, 0.6) is 0 Å². The summed E-state index contributed by atoms with van der Waals surface area (Å²) in [6, 6.07) is 1.47. The van der Waals surface area contributed by atoms with Crippen molar-refractivity contribution in [1.82, 2.24) is 10.1 Å². The van der Waals surface area contributed by atoms with Crippen molar-refractivity contribution in [2.24, 2.45) is 5.73 Å². The molecule has 0 amide bonds. The van der Waals surface area contributed by atoms with Gasteiger partial charge < -0.3 is 10.3 Å². The van der Waals surface area contributed by atoms with Gasteiger partial charge >= 0.3 is 5.69 Å². The molecule has 1 heterocycles. The van der Waals surface area contributed by atoms with Gasteiger partial charge in [-0.2, -0.15) is 9.37 Å². The fraction of sp³-hybridized carbons (Fsp3) is 0.111. The number of nitro groups is 1. The number of hydrogen-bond donors (Lipinski definition) is 1. The van der Waals surface area contributed by atoms with Gasteiger partial charge in [-0.15, -0.1) is 0 Å². The summed E-state index contributed by atoms with van der Waals surface area (Å²) in [5.41, 5.74) is 3.60. The zero-order valence-electron chi connectivity index (χ0n) is 8.76. The molecule has 0 atom stereocenters. The molecule has 9 heteroatoms. The molecule has 0 aliphatic rings. The van der Waals surface area contributed by atoms with Crippen LogP contribution in [0.2, 0.25) is 0 Å². The quantitative estimate of drug-likeness (QED) is 0.656. The molecule has 94 valence electrons. The summed E-state index contributed by atoms with van der Waals surface area (Å²) in [7, 11) is 0. The van der Waals surface area contributed by atoms with Gasteiger partial charge in [0.25, 0.3) is 5.89 Å². The highest BCUT2D eigenvalue weighted by molar-refractivity contribution is 5.60. The lowest BCUT2D eigenvalue weighted by Crippen LogP contribution is -1.99. The van der Waals surface area contributed by atoms with Crippen LogP contribution in [0.25, 0.3) is 11.5 Å². The maximum atomic E-state index is 13.7. The molecular formula is C9H6F2N4O3. The Morgan fingerprint density at radius 1 is 1.44 bits per heavy atom. The van der Waals surface area contributed by atoms with Crippen LogP contribution < -0.4 is 5.73 Å².